The topological polar surface area (TPSA) is 96.3 Å². The van der Waals surface area contributed by atoms with Gasteiger partial charge in [-0.1, -0.05) is 17.8 Å². The maximum absolute atomic E-state index is 12.2. The maximum Gasteiger partial charge on any atom is 0.251 e. The molecule has 1 aromatic heterocycles. The number of anilines is 1. The third-order valence-corrected chi connectivity index (χ3v) is 5.04. The number of hydrogen-bond acceptors (Lipinski definition) is 6. The van der Waals surface area contributed by atoms with Gasteiger partial charge in [-0.15, -0.1) is 0 Å². The van der Waals surface area contributed by atoms with Crippen molar-refractivity contribution < 1.29 is 9.59 Å². The van der Waals surface area contributed by atoms with Crippen molar-refractivity contribution in [2.75, 3.05) is 5.32 Å². The number of carbonyl (C=O) groups excluding carboxylic acids is 2. The normalized spacial score (nSPS) is 18.2. The van der Waals surface area contributed by atoms with Gasteiger partial charge in [0.25, 0.3) is 5.95 Å². The first-order valence-electron chi connectivity index (χ1n) is 7.40. The van der Waals surface area contributed by atoms with Crippen molar-refractivity contribution in [3.05, 3.63) is 46.7 Å². The van der Waals surface area contributed by atoms with E-state index in [1.807, 2.05) is 25.1 Å². The second-order valence-electron chi connectivity index (χ2n) is 5.30. The molecule has 0 saturated carbocycles. The number of thioether (sulfide) groups is 1. The molecule has 1 aromatic carbocycles. The smallest absolute Gasteiger partial charge is 0.251 e. The zero-order chi connectivity index (χ0) is 17.8. The van der Waals surface area contributed by atoms with E-state index in [0.29, 0.717) is 10.9 Å². The summed E-state index contributed by atoms with van der Waals surface area (Å²) in [7, 11) is 0. The molecule has 2 heterocycles. The number of aryl methyl sites for hydroxylation is 1. The number of aliphatic imine (C=N–C) groups is 1. The minimum atomic E-state index is -0.535. The van der Waals surface area contributed by atoms with Crippen LogP contribution in [-0.2, 0) is 9.59 Å². The molecule has 128 valence electrons. The van der Waals surface area contributed by atoms with E-state index in [4.69, 9.17) is 0 Å². The third kappa shape index (κ3) is 4.64. The van der Waals surface area contributed by atoms with Crippen LogP contribution in [0, 0.1) is 6.92 Å². The maximum atomic E-state index is 12.2. The quantitative estimate of drug-likeness (QED) is 0.793. The number of halogens is 1. The molecule has 0 bridgehead atoms. The standard InChI is InChI=1S/C16H14BrN5O2S/c1-9-3-4-11(10(17)7-9)20-13(23)8-12-14(24)21-16(25-12)22-15-18-5-2-6-19-15/h2-7,12H,8H2,1H3,(H,20,23)(H,18,19,21,22,24). The lowest BCUT2D eigenvalue weighted by Crippen LogP contribution is -2.28. The van der Waals surface area contributed by atoms with Crippen LogP contribution in [0.1, 0.15) is 12.0 Å². The molecule has 0 aliphatic carbocycles. The summed E-state index contributed by atoms with van der Waals surface area (Å²) in [5.41, 5.74) is 1.75. The van der Waals surface area contributed by atoms with E-state index in [-0.39, 0.29) is 24.2 Å². The Balaban J connectivity index is 1.62. The molecule has 2 amide bonds. The summed E-state index contributed by atoms with van der Waals surface area (Å²) >= 11 is 4.61. The summed E-state index contributed by atoms with van der Waals surface area (Å²) in [5, 5.41) is 5.31. The molecule has 2 N–H and O–H groups in total. The van der Waals surface area contributed by atoms with E-state index in [2.05, 4.69) is 41.5 Å². The highest BCUT2D eigenvalue weighted by Crippen LogP contribution is 2.26. The van der Waals surface area contributed by atoms with Crippen LogP contribution in [0.25, 0.3) is 0 Å². The molecule has 1 atom stereocenters. The molecule has 1 aliphatic rings. The van der Waals surface area contributed by atoms with Crippen molar-refractivity contribution in [2.45, 2.75) is 18.6 Å². The number of amides is 2. The predicted octanol–water partition coefficient (Wildman–Crippen LogP) is 2.80. The van der Waals surface area contributed by atoms with Gasteiger partial charge in [0.15, 0.2) is 5.17 Å². The van der Waals surface area contributed by atoms with Crippen molar-refractivity contribution in [1.82, 2.24) is 15.3 Å². The lowest BCUT2D eigenvalue weighted by molar-refractivity contribution is -0.122. The molecule has 1 aliphatic heterocycles. The summed E-state index contributed by atoms with van der Waals surface area (Å²) in [6.07, 6.45) is 3.18. The van der Waals surface area contributed by atoms with Crippen molar-refractivity contribution in [3.63, 3.8) is 0 Å². The summed E-state index contributed by atoms with van der Waals surface area (Å²) in [4.78, 5) is 36.4. The molecule has 1 unspecified atom stereocenters. The Labute approximate surface area is 156 Å². The molecule has 1 fully saturated rings. The van der Waals surface area contributed by atoms with Gasteiger partial charge in [-0.3, -0.25) is 9.59 Å². The Hall–Kier alpha value is -2.26. The van der Waals surface area contributed by atoms with Gasteiger partial charge in [-0.25, -0.2) is 9.97 Å². The first kappa shape index (κ1) is 17.6. The van der Waals surface area contributed by atoms with Crippen LogP contribution in [-0.4, -0.2) is 32.2 Å². The third-order valence-electron chi connectivity index (χ3n) is 3.30. The number of nitrogens with one attached hydrogen (secondary N) is 2. The fourth-order valence-electron chi connectivity index (χ4n) is 2.12. The minimum absolute atomic E-state index is 0.0471. The minimum Gasteiger partial charge on any atom is -0.325 e. The molecule has 1 saturated heterocycles. The number of nitrogens with zero attached hydrogens (tertiary/aromatic N) is 3. The van der Waals surface area contributed by atoms with Gasteiger partial charge in [0, 0.05) is 23.3 Å². The van der Waals surface area contributed by atoms with Crippen LogP contribution in [0.15, 0.2) is 46.1 Å². The molecule has 0 radical (unpaired) electrons. The van der Waals surface area contributed by atoms with Crippen molar-refractivity contribution in [1.29, 1.82) is 0 Å². The Morgan fingerprint density at radius 3 is 2.88 bits per heavy atom. The van der Waals surface area contributed by atoms with Crippen LogP contribution in [0.2, 0.25) is 0 Å². The van der Waals surface area contributed by atoms with Gasteiger partial charge >= 0.3 is 0 Å². The second-order valence-corrected chi connectivity index (χ2v) is 7.34. The molecular weight excluding hydrogens is 406 g/mol. The van der Waals surface area contributed by atoms with Crippen LogP contribution >= 0.6 is 27.7 Å². The van der Waals surface area contributed by atoms with Gasteiger partial charge in [0.05, 0.1) is 5.69 Å². The second kappa shape index (κ2) is 7.75. The van der Waals surface area contributed by atoms with Crippen LogP contribution in [0.4, 0.5) is 11.6 Å². The van der Waals surface area contributed by atoms with Gasteiger partial charge in [-0.2, -0.15) is 4.99 Å². The number of hydrogen-bond donors (Lipinski definition) is 2. The molecule has 3 rings (SSSR count). The first-order chi connectivity index (χ1) is 12.0. The number of carbonyl (C=O) groups is 2. The zero-order valence-corrected chi connectivity index (χ0v) is 15.6. The van der Waals surface area contributed by atoms with Crippen molar-refractivity contribution in [2.24, 2.45) is 4.99 Å². The molecule has 9 heteroatoms. The highest BCUT2D eigenvalue weighted by molar-refractivity contribution is 9.10. The highest BCUT2D eigenvalue weighted by Gasteiger charge is 2.32. The summed E-state index contributed by atoms with van der Waals surface area (Å²) in [6.45, 7) is 1.97. The average molecular weight is 420 g/mol. The van der Waals surface area contributed by atoms with E-state index in [1.54, 1.807) is 18.5 Å². The van der Waals surface area contributed by atoms with Crippen molar-refractivity contribution >= 4 is 56.3 Å². The Kier molecular flexibility index (Phi) is 5.44. The predicted molar refractivity (Wildman–Crippen MR) is 101 cm³/mol. The number of aromatic nitrogens is 2. The van der Waals surface area contributed by atoms with Crippen LogP contribution in [0.3, 0.4) is 0 Å². The average Bonchev–Trinajstić information content (AvgIpc) is 2.90. The van der Waals surface area contributed by atoms with Gasteiger partial charge in [0.2, 0.25) is 11.8 Å². The first-order valence-corrected chi connectivity index (χ1v) is 9.08. The highest BCUT2D eigenvalue weighted by atomic mass is 79.9. The van der Waals surface area contributed by atoms with Crippen LogP contribution < -0.4 is 10.6 Å². The fraction of sp³-hybridized carbons (Fsp3) is 0.188. The fourth-order valence-corrected chi connectivity index (χ4v) is 3.68. The van der Waals surface area contributed by atoms with Gasteiger partial charge in [0.1, 0.15) is 5.25 Å². The summed E-state index contributed by atoms with van der Waals surface area (Å²) < 4.78 is 0.799. The van der Waals surface area contributed by atoms with E-state index < -0.39 is 5.25 Å². The van der Waals surface area contributed by atoms with Gasteiger partial charge in [-0.05, 0) is 46.6 Å². The molecule has 7 nitrogen and oxygen atoms in total. The van der Waals surface area contributed by atoms with E-state index in [9.17, 15) is 9.59 Å². The lowest BCUT2D eigenvalue weighted by Gasteiger charge is -2.09. The molecule has 25 heavy (non-hydrogen) atoms. The van der Waals surface area contributed by atoms with Crippen molar-refractivity contribution in [3.8, 4) is 0 Å². The molecule has 0 spiro atoms. The van der Waals surface area contributed by atoms with E-state index >= 15 is 0 Å². The van der Waals surface area contributed by atoms with E-state index in [0.717, 1.165) is 10.0 Å². The Morgan fingerprint density at radius 1 is 1.40 bits per heavy atom. The summed E-state index contributed by atoms with van der Waals surface area (Å²) in [6, 6.07) is 7.32. The largest absolute Gasteiger partial charge is 0.325 e. The SMILES string of the molecule is Cc1ccc(NC(=O)CC2S/C(=N\c3ncccn3)NC2=O)c(Br)c1. The Morgan fingerprint density at radius 2 is 2.16 bits per heavy atom. The monoisotopic (exact) mass is 419 g/mol. The Bertz CT molecular complexity index is 844. The van der Waals surface area contributed by atoms with Gasteiger partial charge < -0.3 is 10.6 Å². The van der Waals surface area contributed by atoms with E-state index in [1.165, 1.54) is 11.8 Å². The summed E-state index contributed by atoms with van der Waals surface area (Å²) in [5.74, 6) is -0.230. The number of amidine groups is 1. The molecule has 2 aromatic rings. The lowest BCUT2D eigenvalue weighted by atomic mass is 10.2. The van der Waals surface area contributed by atoms with Crippen LogP contribution in [0.5, 0.6) is 0 Å². The zero-order valence-electron chi connectivity index (χ0n) is 13.2. The molecular formula is C16H14BrN5O2S. The number of rotatable bonds is 4. The number of benzene rings is 1.